The molecule has 0 saturated carbocycles. The molecular formula is C14H20N2O3S. The Balaban J connectivity index is 1.85. The number of thiazole rings is 1. The molecule has 6 heteroatoms. The van der Waals surface area contributed by atoms with E-state index in [1.54, 1.807) is 16.6 Å². The summed E-state index contributed by atoms with van der Waals surface area (Å²) in [5.74, 6) is 0.102. The van der Waals surface area contributed by atoms with Gasteiger partial charge in [-0.1, -0.05) is 0 Å². The molecule has 2 rings (SSSR count). The normalized spacial score (nSPS) is 19.1. The van der Waals surface area contributed by atoms with Gasteiger partial charge in [-0.25, -0.2) is 4.79 Å². The summed E-state index contributed by atoms with van der Waals surface area (Å²) >= 11 is 1.49. The second-order valence-electron chi connectivity index (χ2n) is 6.02. The lowest BCUT2D eigenvalue weighted by Gasteiger charge is -2.24. The van der Waals surface area contributed by atoms with Crippen molar-refractivity contribution in [1.29, 1.82) is 0 Å². The third-order valence-electron chi connectivity index (χ3n) is 3.13. The lowest BCUT2D eigenvalue weighted by Crippen LogP contribution is -2.36. The third-order valence-corrected chi connectivity index (χ3v) is 3.91. The predicted octanol–water partition coefficient (Wildman–Crippen LogP) is 2.51. The minimum atomic E-state index is -0.498. The molecule has 1 saturated heterocycles. The highest BCUT2D eigenvalue weighted by Gasteiger charge is 2.33. The summed E-state index contributed by atoms with van der Waals surface area (Å²) in [6.45, 7) is 6.58. The summed E-state index contributed by atoms with van der Waals surface area (Å²) in [6.07, 6.45) is 2.53. The van der Waals surface area contributed by atoms with E-state index < -0.39 is 5.60 Å². The van der Waals surface area contributed by atoms with Gasteiger partial charge in [0.2, 0.25) is 0 Å². The van der Waals surface area contributed by atoms with Gasteiger partial charge in [0.1, 0.15) is 11.4 Å². The Labute approximate surface area is 122 Å². The van der Waals surface area contributed by atoms with Crippen LogP contribution in [-0.4, -0.2) is 40.5 Å². The lowest BCUT2D eigenvalue weighted by molar-refractivity contribution is -0.121. The zero-order chi connectivity index (χ0) is 14.8. The van der Waals surface area contributed by atoms with Crippen LogP contribution in [0.15, 0.2) is 11.7 Å². The maximum Gasteiger partial charge on any atom is 0.410 e. The molecule has 0 bridgehead atoms. The van der Waals surface area contributed by atoms with Crippen molar-refractivity contribution >= 4 is 23.2 Å². The van der Waals surface area contributed by atoms with E-state index in [-0.39, 0.29) is 17.8 Å². The van der Waals surface area contributed by atoms with E-state index in [0.717, 1.165) is 11.3 Å². The van der Waals surface area contributed by atoms with Crippen molar-refractivity contribution in [3.63, 3.8) is 0 Å². The van der Waals surface area contributed by atoms with Gasteiger partial charge in [-0.3, -0.25) is 9.78 Å². The number of Topliss-reactive ketones (excluding diaryl/α,β-unsaturated/α-hetero) is 1. The number of nitrogens with zero attached hydrogens (tertiary/aromatic N) is 2. The van der Waals surface area contributed by atoms with E-state index in [4.69, 9.17) is 4.74 Å². The number of aromatic nitrogens is 1. The monoisotopic (exact) mass is 296 g/mol. The average molecular weight is 296 g/mol. The first kappa shape index (κ1) is 15.0. The van der Waals surface area contributed by atoms with Gasteiger partial charge < -0.3 is 9.64 Å². The van der Waals surface area contributed by atoms with E-state index >= 15 is 0 Å². The number of carbonyl (C=O) groups is 2. The molecule has 20 heavy (non-hydrogen) atoms. The molecule has 0 aromatic carbocycles. The first-order chi connectivity index (χ1) is 9.35. The van der Waals surface area contributed by atoms with Gasteiger partial charge in [0, 0.05) is 36.5 Å². The van der Waals surface area contributed by atoms with E-state index in [1.807, 2.05) is 20.8 Å². The number of ketones is 1. The highest BCUT2D eigenvalue weighted by Crippen LogP contribution is 2.22. The van der Waals surface area contributed by atoms with Crippen LogP contribution in [0.3, 0.4) is 0 Å². The van der Waals surface area contributed by atoms with Gasteiger partial charge in [0.15, 0.2) is 0 Å². The van der Waals surface area contributed by atoms with E-state index in [0.29, 0.717) is 19.5 Å². The Kier molecular flexibility index (Phi) is 4.42. The van der Waals surface area contributed by atoms with Gasteiger partial charge in [-0.15, -0.1) is 11.3 Å². The van der Waals surface area contributed by atoms with Gasteiger partial charge >= 0.3 is 6.09 Å². The average Bonchev–Trinajstić information content (AvgIpc) is 2.96. The summed E-state index contributed by atoms with van der Waals surface area (Å²) in [4.78, 5) is 30.7. The Morgan fingerprint density at radius 3 is 2.85 bits per heavy atom. The van der Waals surface area contributed by atoms with Crippen molar-refractivity contribution in [2.45, 2.75) is 39.2 Å². The molecule has 1 atom stereocenters. The summed E-state index contributed by atoms with van der Waals surface area (Å²) in [5, 5.41) is 0. The number of hydrogen-bond acceptors (Lipinski definition) is 5. The van der Waals surface area contributed by atoms with Crippen molar-refractivity contribution in [2.75, 3.05) is 13.1 Å². The van der Waals surface area contributed by atoms with Crippen molar-refractivity contribution in [3.8, 4) is 0 Å². The Hall–Kier alpha value is -1.43. The van der Waals surface area contributed by atoms with Gasteiger partial charge in [0.05, 0.1) is 5.51 Å². The predicted molar refractivity (Wildman–Crippen MR) is 76.7 cm³/mol. The number of amides is 1. The van der Waals surface area contributed by atoms with Crippen molar-refractivity contribution < 1.29 is 14.3 Å². The zero-order valence-corrected chi connectivity index (χ0v) is 12.9. The number of carbonyl (C=O) groups excluding carboxylic acids is 2. The first-order valence-electron chi connectivity index (χ1n) is 6.73. The molecule has 0 N–H and O–H groups in total. The van der Waals surface area contributed by atoms with Gasteiger partial charge in [-0.2, -0.15) is 0 Å². The summed E-state index contributed by atoms with van der Waals surface area (Å²) in [7, 11) is 0. The van der Waals surface area contributed by atoms with Crippen LogP contribution < -0.4 is 0 Å². The molecule has 0 spiro atoms. The quantitative estimate of drug-likeness (QED) is 0.860. The van der Waals surface area contributed by atoms with Crippen molar-refractivity contribution in [2.24, 2.45) is 5.92 Å². The largest absolute Gasteiger partial charge is 0.444 e. The second kappa shape index (κ2) is 5.91. The molecular weight excluding hydrogens is 276 g/mol. The molecule has 1 amide bonds. The summed E-state index contributed by atoms with van der Waals surface area (Å²) in [5.41, 5.74) is 1.23. The second-order valence-corrected chi connectivity index (χ2v) is 6.99. The van der Waals surface area contributed by atoms with E-state index in [9.17, 15) is 9.59 Å². The molecule has 1 fully saturated rings. The highest BCUT2D eigenvalue weighted by atomic mass is 32.1. The fourth-order valence-electron chi connectivity index (χ4n) is 2.16. The highest BCUT2D eigenvalue weighted by molar-refractivity contribution is 7.09. The molecule has 0 aliphatic carbocycles. The molecule has 1 aromatic heterocycles. The SMILES string of the molecule is CC(C)(C)OC(=O)N1CCC(C(=O)Cc2cncs2)C1. The van der Waals surface area contributed by atoms with E-state index in [1.165, 1.54) is 11.3 Å². The van der Waals surface area contributed by atoms with Crippen LogP contribution in [0.1, 0.15) is 32.1 Å². The van der Waals surface area contributed by atoms with Crippen molar-refractivity contribution in [3.05, 3.63) is 16.6 Å². The summed E-state index contributed by atoms with van der Waals surface area (Å²) < 4.78 is 5.32. The number of ether oxygens (including phenoxy) is 1. The Morgan fingerprint density at radius 1 is 1.50 bits per heavy atom. The standard InChI is InChI=1S/C14H20N2O3S/c1-14(2,3)19-13(18)16-5-4-10(8-16)12(17)6-11-7-15-9-20-11/h7,9-10H,4-6,8H2,1-3H3. The van der Waals surface area contributed by atoms with Crippen LogP contribution >= 0.6 is 11.3 Å². The molecule has 1 aliphatic rings. The number of hydrogen-bond donors (Lipinski definition) is 0. The van der Waals surface area contributed by atoms with Crippen LogP contribution in [0.5, 0.6) is 0 Å². The Bertz CT molecular complexity index is 479. The van der Waals surface area contributed by atoms with Crippen LogP contribution in [0.4, 0.5) is 4.79 Å². The maximum atomic E-state index is 12.2. The molecule has 0 radical (unpaired) electrons. The van der Waals surface area contributed by atoms with Gasteiger partial charge in [-0.05, 0) is 27.2 Å². The third kappa shape index (κ3) is 4.03. The summed E-state index contributed by atoms with van der Waals surface area (Å²) in [6, 6.07) is 0. The maximum absolute atomic E-state index is 12.2. The van der Waals surface area contributed by atoms with Crippen molar-refractivity contribution in [1.82, 2.24) is 9.88 Å². The topological polar surface area (TPSA) is 59.5 Å². The molecule has 1 aromatic rings. The molecule has 110 valence electrons. The molecule has 2 heterocycles. The van der Waals surface area contributed by atoms with Crippen LogP contribution in [0.25, 0.3) is 0 Å². The minimum absolute atomic E-state index is 0.0791. The van der Waals surface area contributed by atoms with Gasteiger partial charge in [0.25, 0.3) is 0 Å². The smallest absolute Gasteiger partial charge is 0.410 e. The van der Waals surface area contributed by atoms with E-state index in [2.05, 4.69) is 4.98 Å². The Morgan fingerprint density at radius 2 is 2.25 bits per heavy atom. The minimum Gasteiger partial charge on any atom is -0.444 e. The number of rotatable bonds is 3. The molecule has 1 unspecified atom stereocenters. The molecule has 5 nitrogen and oxygen atoms in total. The van der Waals surface area contributed by atoms with Crippen LogP contribution in [0, 0.1) is 5.92 Å². The first-order valence-corrected chi connectivity index (χ1v) is 7.61. The molecule has 1 aliphatic heterocycles. The van der Waals surface area contributed by atoms with Crippen LogP contribution in [-0.2, 0) is 16.0 Å². The fourth-order valence-corrected chi connectivity index (χ4v) is 2.77. The van der Waals surface area contributed by atoms with Crippen LogP contribution in [0.2, 0.25) is 0 Å². The zero-order valence-electron chi connectivity index (χ0n) is 12.1. The number of likely N-dealkylation sites (tertiary alicyclic amines) is 1. The lowest BCUT2D eigenvalue weighted by atomic mass is 10.0. The fraction of sp³-hybridized carbons (Fsp3) is 0.643.